The third kappa shape index (κ3) is 3.08. The van der Waals surface area contributed by atoms with E-state index in [2.05, 4.69) is 26.9 Å². The van der Waals surface area contributed by atoms with Crippen molar-refractivity contribution in [3.63, 3.8) is 0 Å². The summed E-state index contributed by atoms with van der Waals surface area (Å²) in [6.07, 6.45) is 4.05. The number of nitrogens with zero attached hydrogens (tertiary/aromatic N) is 3. The average molecular weight is 314 g/mol. The van der Waals surface area contributed by atoms with E-state index in [-0.39, 0.29) is 0 Å². The molecule has 2 aromatic carbocycles. The topological polar surface area (TPSA) is 42.8 Å². The molecular weight excluding hydrogens is 298 g/mol. The lowest BCUT2D eigenvalue weighted by atomic mass is 10.2. The Morgan fingerprint density at radius 2 is 1.21 bits per heavy atom. The van der Waals surface area contributed by atoms with Crippen LogP contribution in [0.25, 0.3) is 22.9 Å². The van der Waals surface area contributed by atoms with Gasteiger partial charge in [-0.3, -0.25) is 0 Å². The maximum Gasteiger partial charge on any atom is 0.248 e. The van der Waals surface area contributed by atoms with Crippen molar-refractivity contribution < 1.29 is 8.98 Å². The van der Waals surface area contributed by atoms with Gasteiger partial charge < -0.3 is 4.42 Å². The minimum atomic E-state index is 0.528. The van der Waals surface area contributed by atoms with Crippen LogP contribution in [0.3, 0.4) is 0 Å². The maximum atomic E-state index is 5.78. The molecule has 116 valence electrons. The van der Waals surface area contributed by atoms with Crippen molar-refractivity contribution in [1.29, 1.82) is 0 Å². The molecule has 0 saturated heterocycles. The van der Waals surface area contributed by atoms with Crippen molar-refractivity contribution in [3.05, 3.63) is 90.8 Å². The van der Waals surface area contributed by atoms with Gasteiger partial charge in [-0.1, -0.05) is 48.5 Å². The monoisotopic (exact) mass is 314 g/mol. The van der Waals surface area contributed by atoms with Gasteiger partial charge >= 0.3 is 0 Å². The Hall–Kier alpha value is -3.27. The quantitative estimate of drug-likeness (QED) is 0.539. The number of benzene rings is 2. The van der Waals surface area contributed by atoms with E-state index in [1.54, 1.807) is 0 Å². The predicted octanol–water partition coefficient (Wildman–Crippen LogP) is 3.74. The van der Waals surface area contributed by atoms with Gasteiger partial charge in [0.15, 0.2) is 18.9 Å². The molecule has 0 N–H and O–H groups in total. The average Bonchev–Trinajstić information content (AvgIpc) is 3.14. The maximum absolute atomic E-state index is 5.78. The molecule has 0 saturated carbocycles. The van der Waals surface area contributed by atoms with Crippen LogP contribution in [0.4, 0.5) is 0 Å². The summed E-state index contributed by atoms with van der Waals surface area (Å²) in [5.41, 5.74) is 3.10. The molecule has 0 spiro atoms. The minimum Gasteiger partial charge on any atom is -0.416 e. The van der Waals surface area contributed by atoms with Gasteiger partial charge in [0.05, 0.1) is 5.56 Å². The number of hydrogen-bond donors (Lipinski definition) is 0. The Balaban J connectivity index is 1.54. The third-order valence-electron chi connectivity index (χ3n) is 3.79. The van der Waals surface area contributed by atoms with E-state index >= 15 is 0 Å². The first kappa shape index (κ1) is 14.3. The van der Waals surface area contributed by atoms with Crippen molar-refractivity contribution in [2.45, 2.75) is 6.54 Å². The molecule has 4 nitrogen and oxygen atoms in total. The van der Waals surface area contributed by atoms with Crippen LogP contribution in [-0.2, 0) is 6.54 Å². The largest absolute Gasteiger partial charge is 0.416 e. The summed E-state index contributed by atoms with van der Waals surface area (Å²) in [5, 5.41) is 8.28. The molecule has 0 aliphatic heterocycles. The van der Waals surface area contributed by atoms with Gasteiger partial charge in [-0.25, -0.2) is 4.57 Å². The number of rotatable bonds is 4. The summed E-state index contributed by atoms with van der Waals surface area (Å²) >= 11 is 0. The second-order valence-electron chi connectivity index (χ2n) is 5.52. The molecule has 2 aromatic heterocycles. The molecule has 0 fully saturated rings. The Morgan fingerprint density at radius 3 is 1.83 bits per heavy atom. The number of aromatic nitrogens is 3. The summed E-state index contributed by atoms with van der Waals surface area (Å²) < 4.78 is 7.90. The van der Waals surface area contributed by atoms with E-state index in [9.17, 15) is 0 Å². The van der Waals surface area contributed by atoms with Crippen LogP contribution in [0.2, 0.25) is 0 Å². The van der Waals surface area contributed by atoms with Crippen LogP contribution in [0, 0.1) is 0 Å². The molecule has 0 amide bonds. The highest BCUT2D eigenvalue weighted by Crippen LogP contribution is 2.22. The van der Waals surface area contributed by atoms with Crippen molar-refractivity contribution in [2.24, 2.45) is 0 Å². The van der Waals surface area contributed by atoms with Gasteiger partial charge in [0.1, 0.15) is 0 Å². The van der Waals surface area contributed by atoms with Crippen LogP contribution in [0.15, 0.2) is 89.6 Å². The molecule has 24 heavy (non-hydrogen) atoms. The first-order valence-electron chi connectivity index (χ1n) is 7.81. The van der Waals surface area contributed by atoms with Crippen molar-refractivity contribution in [3.8, 4) is 22.9 Å². The molecule has 0 radical (unpaired) electrons. The fraction of sp³-hybridized carbons (Fsp3) is 0.0500. The zero-order chi connectivity index (χ0) is 16.2. The summed E-state index contributed by atoms with van der Waals surface area (Å²) in [6.45, 7) is 0.834. The Labute approximate surface area is 140 Å². The van der Waals surface area contributed by atoms with Gasteiger partial charge in [-0.05, 0) is 12.1 Å². The molecular formula is C20H16N3O+. The van der Waals surface area contributed by atoms with Crippen LogP contribution >= 0.6 is 0 Å². The lowest BCUT2D eigenvalue weighted by molar-refractivity contribution is -0.688. The standard InChI is InChI=1S/C20H16N3O/c1-3-7-16(8-4-1)15-23-13-11-18(12-14-23)20-22-21-19(24-20)17-9-5-2-6-10-17/h1-14H,15H2/q+1. The van der Waals surface area contributed by atoms with Crippen LogP contribution in [0.1, 0.15) is 5.56 Å². The van der Waals surface area contributed by atoms with Crippen LogP contribution in [-0.4, -0.2) is 10.2 Å². The summed E-state index contributed by atoms with van der Waals surface area (Å²) in [6, 6.07) is 24.1. The van der Waals surface area contributed by atoms with E-state index in [1.807, 2.05) is 73.1 Å². The number of pyridine rings is 1. The van der Waals surface area contributed by atoms with Crippen molar-refractivity contribution in [2.75, 3.05) is 0 Å². The lowest BCUT2D eigenvalue weighted by Crippen LogP contribution is -2.32. The fourth-order valence-electron chi connectivity index (χ4n) is 2.54. The van der Waals surface area contributed by atoms with Crippen LogP contribution < -0.4 is 4.57 Å². The van der Waals surface area contributed by atoms with E-state index in [1.165, 1.54) is 5.56 Å². The number of hydrogen-bond acceptors (Lipinski definition) is 3. The van der Waals surface area contributed by atoms with Gasteiger partial charge in [0.2, 0.25) is 11.8 Å². The summed E-state index contributed by atoms with van der Waals surface area (Å²) in [4.78, 5) is 0. The molecule has 0 aliphatic rings. The van der Waals surface area contributed by atoms with E-state index in [4.69, 9.17) is 4.42 Å². The Kier molecular flexibility index (Phi) is 3.86. The third-order valence-corrected chi connectivity index (χ3v) is 3.79. The molecule has 4 aromatic rings. The van der Waals surface area contributed by atoms with Crippen molar-refractivity contribution in [1.82, 2.24) is 10.2 Å². The second-order valence-corrected chi connectivity index (χ2v) is 5.52. The first-order valence-corrected chi connectivity index (χ1v) is 7.81. The fourth-order valence-corrected chi connectivity index (χ4v) is 2.54. The smallest absolute Gasteiger partial charge is 0.248 e. The molecule has 2 heterocycles. The molecule has 4 heteroatoms. The van der Waals surface area contributed by atoms with Gasteiger partial charge in [-0.15, -0.1) is 10.2 Å². The van der Waals surface area contributed by atoms with Crippen LogP contribution in [0.5, 0.6) is 0 Å². The predicted molar refractivity (Wildman–Crippen MR) is 90.9 cm³/mol. The normalized spacial score (nSPS) is 10.7. The second kappa shape index (κ2) is 6.46. The van der Waals surface area contributed by atoms with Crippen molar-refractivity contribution >= 4 is 0 Å². The van der Waals surface area contributed by atoms with Gasteiger partial charge in [-0.2, -0.15) is 0 Å². The first-order chi connectivity index (χ1) is 11.9. The lowest BCUT2D eigenvalue weighted by Gasteiger charge is -1.98. The zero-order valence-electron chi connectivity index (χ0n) is 13.0. The van der Waals surface area contributed by atoms with E-state index in [0.717, 1.165) is 17.7 Å². The molecule has 4 rings (SSSR count). The molecule has 0 aliphatic carbocycles. The van der Waals surface area contributed by atoms with Gasteiger partial charge in [0.25, 0.3) is 0 Å². The summed E-state index contributed by atoms with van der Waals surface area (Å²) in [5.74, 6) is 1.06. The highest BCUT2D eigenvalue weighted by atomic mass is 16.4. The summed E-state index contributed by atoms with van der Waals surface area (Å²) in [7, 11) is 0. The Morgan fingerprint density at radius 1 is 0.667 bits per heavy atom. The highest BCUT2D eigenvalue weighted by Gasteiger charge is 2.11. The molecule has 0 bridgehead atoms. The zero-order valence-corrected chi connectivity index (χ0v) is 13.0. The Bertz CT molecular complexity index is 916. The minimum absolute atomic E-state index is 0.528. The molecule has 0 atom stereocenters. The highest BCUT2D eigenvalue weighted by molar-refractivity contribution is 5.56. The molecule has 0 unspecified atom stereocenters. The van der Waals surface area contributed by atoms with E-state index < -0.39 is 0 Å². The SMILES string of the molecule is c1ccc(C[n+]2ccc(-c3nnc(-c4ccccc4)o3)cc2)cc1. The van der Waals surface area contributed by atoms with Gasteiger partial charge in [0, 0.05) is 23.3 Å². The van der Waals surface area contributed by atoms with E-state index in [0.29, 0.717) is 11.8 Å².